The molecule has 2 aromatic rings. The molecule has 1 amide bonds. The highest BCUT2D eigenvalue weighted by atomic mass is 16.2. The molecule has 0 saturated carbocycles. The Morgan fingerprint density at radius 2 is 1.75 bits per heavy atom. The summed E-state index contributed by atoms with van der Waals surface area (Å²) in [7, 11) is 0. The maximum atomic E-state index is 12.8. The molecule has 124 valence electrons. The van der Waals surface area contributed by atoms with Gasteiger partial charge in [0.2, 0.25) is 5.91 Å². The monoisotopic (exact) mass is 321 g/mol. The number of anilines is 1. The first-order valence-electron chi connectivity index (χ1n) is 8.49. The Labute approximate surface area is 143 Å². The van der Waals surface area contributed by atoms with E-state index in [1.54, 1.807) is 0 Å². The molecule has 4 nitrogen and oxygen atoms in total. The van der Waals surface area contributed by atoms with Gasteiger partial charge in [-0.25, -0.2) is 4.98 Å². The van der Waals surface area contributed by atoms with Crippen molar-refractivity contribution in [2.24, 2.45) is 0 Å². The van der Waals surface area contributed by atoms with Crippen LogP contribution >= 0.6 is 0 Å². The van der Waals surface area contributed by atoms with Crippen molar-refractivity contribution in [1.82, 2.24) is 9.88 Å². The van der Waals surface area contributed by atoms with Crippen molar-refractivity contribution in [1.29, 1.82) is 0 Å². The molecule has 4 heteroatoms. The first-order valence-corrected chi connectivity index (χ1v) is 8.49. The summed E-state index contributed by atoms with van der Waals surface area (Å²) in [6, 6.07) is 16.0. The Balaban J connectivity index is 1.65. The Hall–Kier alpha value is -2.62. The minimum absolute atomic E-state index is 0.155. The van der Waals surface area contributed by atoms with E-state index < -0.39 is 0 Å². The molecular weight excluding hydrogens is 298 g/mol. The zero-order valence-electron chi connectivity index (χ0n) is 14.1. The van der Waals surface area contributed by atoms with E-state index >= 15 is 0 Å². The smallest absolute Gasteiger partial charge is 0.249 e. The lowest BCUT2D eigenvalue weighted by atomic mass is 10.1. The van der Waals surface area contributed by atoms with Gasteiger partial charge in [-0.2, -0.15) is 0 Å². The zero-order chi connectivity index (χ0) is 16.8. The predicted molar refractivity (Wildman–Crippen MR) is 97.7 cm³/mol. The van der Waals surface area contributed by atoms with Gasteiger partial charge >= 0.3 is 0 Å². The van der Waals surface area contributed by atoms with E-state index in [-0.39, 0.29) is 5.91 Å². The average Bonchev–Trinajstić information content (AvgIpc) is 2.67. The fourth-order valence-corrected chi connectivity index (χ4v) is 2.95. The van der Waals surface area contributed by atoms with Gasteiger partial charge in [0.25, 0.3) is 0 Å². The van der Waals surface area contributed by atoms with Gasteiger partial charge in [-0.1, -0.05) is 43.3 Å². The second kappa shape index (κ2) is 7.77. The average molecular weight is 321 g/mol. The summed E-state index contributed by atoms with van der Waals surface area (Å²) in [6.07, 6.45) is 4.56. The van der Waals surface area contributed by atoms with Crippen LogP contribution in [0.3, 0.4) is 0 Å². The SMILES string of the molecule is CC/C(=C\c1ccccc1)C(=O)N1CCN(c2ccccn2)CC1. The second-order valence-electron chi connectivity index (χ2n) is 5.90. The summed E-state index contributed by atoms with van der Waals surface area (Å²) in [5.74, 6) is 1.14. The maximum absolute atomic E-state index is 12.8. The first kappa shape index (κ1) is 16.2. The third-order valence-electron chi connectivity index (χ3n) is 4.34. The maximum Gasteiger partial charge on any atom is 0.249 e. The zero-order valence-corrected chi connectivity index (χ0v) is 14.1. The van der Waals surface area contributed by atoms with Crippen LogP contribution in [0.5, 0.6) is 0 Å². The summed E-state index contributed by atoms with van der Waals surface area (Å²) in [4.78, 5) is 21.4. The van der Waals surface area contributed by atoms with Gasteiger partial charge in [0.1, 0.15) is 5.82 Å². The largest absolute Gasteiger partial charge is 0.353 e. The second-order valence-corrected chi connectivity index (χ2v) is 5.90. The van der Waals surface area contributed by atoms with E-state index in [1.165, 1.54) is 0 Å². The van der Waals surface area contributed by atoms with Gasteiger partial charge in [-0.3, -0.25) is 4.79 Å². The van der Waals surface area contributed by atoms with E-state index in [4.69, 9.17) is 0 Å². The van der Waals surface area contributed by atoms with Crippen molar-refractivity contribution >= 4 is 17.8 Å². The highest BCUT2D eigenvalue weighted by molar-refractivity contribution is 5.97. The third kappa shape index (κ3) is 3.82. The molecule has 0 N–H and O–H groups in total. The molecule has 1 aromatic heterocycles. The van der Waals surface area contributed by atoms with Crippen molar-refractivity contribution < 1.29 is 4.79 Å². The van der Waals surface area contributed by atoms with Crippen molar-refractivity contribution in [2.45, 2.75) is 13.3 Å². The Morgan fingerprint density at radius 3 is 2.38 bits per heavy atom. The minimum atomic E-state index is 0.155. The number of pyridine rings is 1. The van der Waals surface area contributed by atoms with Crippen LogP contribution in [0.1, 0.15) is 18.9 Å². The molecule has 24 heavy (non-hydrogen) atoms. The van der Waals surface area contributed by atoms with E-state index in [2.05, 4.69) is 9.88 Å². The normalized spacial score (nSPS) is 15.5. The van der Waals surface area contributed by atoms with E-state index in [0.29, 0.717) is 0 Å². The summed E-state index contributed by atoms with van der Waals surface area (Å²) >= 11 is 0. The number of piperazine rings is 1. The van der Waals surface area contributed by atoms with Crippen molar-refractivity contribution in [2.75, 3.05) is 31.1 Å². The number of nitrogens with zero attached hydrogens (tertiary/aromatic N) is 3. The molecule has 1 aromatic carbocycles. The molecule has 1 saturated heterocycles. The van der Waals surface area contributed by atoms with Crippen LogP contribution in [0, 0.1) is 0 Å². The van der Waals surface area contributed by atoms with Gasteiger partial charge in [0.15, 0.2) is 0 Å². The molecule has 0 unspecified atom stereocenters. The van der Waals surface area contributed by atoms with E-state index in [9.17, 15) is 4.79 Å². The summed E-state index contributed by atoms with van der Waals surface area (Å²) in [5.41, 5.74) is 1.95. The van der Waals surface area contributed by atoms with Gasteiger partial charge in [0, 0.05) is 37.9 Å². The fourth-order valence-electron chi connectivity index (χ4n) is 2.95. The number of amides is 1. The highest BCUT2D eigenvalue weighted by Crippen LogP contribution is 2.17. The molecule has 0 radical (unpaired) electrons. The van der Waals surface area contributed by atoms with Crippen LogP contribution < -0.4 is 4.90 Å². The molecular formula is C20H23N3O. The molecule has 1 aliphatic rings. The van der Waals surface area contributed by atoms with E-state index in [1.807, 2.05) is 72.6 Å². The Kier molecular flexibility index (Phi) is 5.26. The van der Waals surface area contributed by atoms with Crippen LogP contribution in [-0.4, -0.2) is 42.0 Å². The standard InChI is InChI=1S/C20H23N3O/c1-2-18(16-17-8-4-3-5-9-17)20(24)23-14-12-22(13-15-23)19-10-6-7-11-21-19/h3-11,16H,2,12-15H2,1H3/b18-16+. The molecule has 2 heterocycles. The summed E-state index contributed by atoms with van der Waals surface area (Å²) in [5, 5.41) is 0. The first-order chi connectivity index (χ1) is 11.8. The predicted octanol–water partition coefficient (Wildman–Crippen LogP) is 3.22. The van der Waals surface area contributed by atoms with Gasteiger partial charge in [0.05, 0.1) is 0 Å². The quantitative estimate of drug-likeness (QED) is 0.811. The topological polar surface area (TPSA) is 36.4 Å². The van der Waals surface area contributed by atoms with Crippen LogP contribution in [-0.2, 0) is 4.79 Å². The van der Waals surface area contributed by atoms with Gasteiger partial charge in [-0.05, 0) is 30.2 Å². The number of carbonyl (C=O) groups is 1. The molecule has 0 spiro atoms. The molecule has 0 bridgehead atoms. The number of benzene rings is 1. The lowest BCUT2D eigenvalue weighted by Crippen LogP contribution is -2.49. The summed E-state index contributed by atoms with van der Waals surface area (Å²) in [6.45, 7) is 5.16. The summed E-state index contributed by atoms with van der Waals surface area (Å²) < 4.78 is 0. The minimum Gasteiger partial charge on any atom is -0.353 e. The fraction of sp³-hybridized carbons (Fsp3) is 0.300. The number of rotatable bonds is 4. The van der Waals surface area contributed by atoms with Crippen molar-refractivity contribution in [3.05, 3.63) is 65.9 Å². The number of aromatic nitrogens is 1. The lowest BCUT2D eigenvalue weighted by Gasteiger charge is -2.35. The Bertz CT molecular complexity index is 689. The lowest BCUT2D eigenvalue weighted by molar-refractivity contribution is -0.127. The highest BCUT2D eigenvalue weighted by Gasteiger charge is 2.23. The van der Waals surface area contributed by atoms with Crippen LogP contribution in [0.25, 0.3) is 6.08 Å². The third-order valence-corrected chi connectivity index (χ3v) is 4.34. The van der Waals surface area contributed by atoms with Crippen molar-refractivity contribution in [3.63, 3.8) is 0 Å². The van der Waals surface area contributed by atoms with Crippen molar-refractivity contribution in [3.8, 4) is 0 Å². The van der Waals surface area contributed by atoms with Crippen LogP contribution in [0.4, 0.5) is 5.82 Å². The van der Waals surface area contributed by atoms with Gasteiger partial charge < -0.3 is 9.80 Å². The molecule has 3 rings (SSSR count). The molecule has 1 fully saturated rings. The number of hydrogen-bond donors (Lipinski definition) is 0. The molecule has 1 aliphatic heterocycles. The number of hydrogen-bond acceptors (Lipinski definition) is 3. The number of carbonyl (C=O) groups excluding carboxylic acids is 1. The van der Waals surface area contributed by atoms with Crippen LogP contribution in [0.2, 0.25) is 0 Å². The van der Waals surface area contributed by atoms with Crippen LogP contribution in [0.15, 0.2) is 60.3 Å². The molecule has 0 atom stereocenters. The Morgan fingerprint density at radius 1 is 1.04 bits per heavy atom. The van der Waals surface area contributed by atoms with Gasteiger partial charge in [-0.15, -0.1) is 0 Å². The van der Waals surface area contributed by atoms with E-state index in [0.717, 1.165) is 49.6 Å². The molecule has 0 aliphatic carbocycles.